The lowest BCUT2D eigenvalue weighted by molar-refractivity contribution is 0.0792. The molecule has 0 saturated heterocycles. The molecule has 0 bridgehead atoms. The van der Waals surface area contributed by atoms with Gasteiger partial charge in [0.15, 0.2) is 0 Å². The van der Waals surface area contributed by atoms with Gasteiger partial charge in [0.05, 0.1) is 5.69 Å². The van der Waals surface area contributed by atoms with E-state index in [1.54, 1.807) is 23.1 Å². The van der Waals surface area contributed by atoms with Crippen molar-refractivity contribution in [3.05, 3.63) is 71.9 Å². The summed E-state index contributed by atoms with van der Waals surface area (Å²) in [6, 6.07) is 19.4. The van der Waals surface area contributed by atoms with E-state index in [0.717, 1.165) is 49.2 Å². The van der Waals surface area contributed by atoms with Gasteiger partial charge in [-0.3, -0.25) is 9.89 Å². The zero-order valence-electron chi connectivity index (χ0n) is 16.1. The Morgan fingerprint density at radius 3 is 2.57 bits per heavy atom. The number of amides is 1. The van der Waals surface area contributed by atoms with Crippen LogP contribution in [0, 0.1) is 0 Å². The van der Waals surface area contributed by atoms with Gasteiger partial charge >= 0.3 is 0 Å². The van der Waals surface area contributed by atoms with Gasteiger partial charge in [-0.15, -0.1) is 12.4 Å². The Balaban J connectivity index is 0.00000280. The number of aromatic amines is 1. The van der Waals surface area contributed by atoms with Crippen LogP contribution in [-0.4, -0.2) is 34.6 Å². The number of H-pyrrole nitrogens is 1. The summed E-state index contributed by atoms with van der Waals surface area (Å²) in [5.41, 5.74) is 10.3. The molecule has 0 atom stereocenters. The van der Waals surface area contributed by atoms with Crippen LogP contribution >= 0.6 is 12.4 Å². The molecule has 3 rings (SSSR count). The molecular weight excluding hydrogens is 372 g/mol. The van der Waals surface area contributed by atoms with Crippen molar-refractivity contribution in [2.45, 2.75) is 25.7 Å². The van der Waals surface area contributed by atoms with Gasteiger partial charge in [-0.1, -0.05) is 42.8 Å². The van der Waals surface area contributed by atoms with E-state index in [0.29, 0.717) is 11.3 Å². The van der Waals surface area contributed by atoms with E-state index in [2.05, 4.69) is 28.4 Å². The minimum Gasteiger partial charge on any atom is -0.399 e. The molecular formula is C22H27ClN4O. The van der Waals surface area contributed by atoms with Crippen molar-refractivity contribution in [2.75, 3.05) is 19.3 Å². The molecule has 6 heteroatoms. The Kier molecular flexibility index (Phi) is 8.08. The fourth-order valence-electron chi connectivity index (χ4n) is 3.08. The van der Waals surface area contributed by atoms with Crippen LogP contribution in [0.5, 0.6) is 0 Å². The van der Waals surface area contributed by atoms with E-state index in [9.17, 15) is 4.79 Å². The average molecular weight is 399 g/mol. The lowest BCUT2D eigenvalue weighted by Crippen LogP contribution is -2.27. The summed E-state index contributed by atoms with van der Waals surface area (Å²) in [6.07, 6.45) is 4.07. The maximum atomic E-state index is 12.4. The van der Waals surface area contributed by atoms with Crippen LogP contribution in [-0.2, 0) is 6.42 Å². The van der Waals surface area contributed by atoms with Crippen LogP contribution in [0.25, 0.3) is 11.3 Å². The highest BCUT2D eigenvalue weighted by atomic mass is 35.5. The Labute approximate surface area is 172 Å². The molecule has 0 fully saturated rings. The van der Waals surface area contributed by atoms with E-state index >= 15 is 0 Å². The molecule has 28 heavy (non-hydrogen) atoms. The molecule has 0 aliphatic heterocycles. The van der Waals surface area contributed by atoms with Crippen LogP contribution in [0.15, 0.2) is 60.7 Å². The number of anilines is 1. The van der Waals surface area contributed by atoms with E-state index in [-0.39, 0.29) is 18.3 Å². The molecule has 0 saturated carbocycles. The number of unbranched alkanes of at least 4 members (excludes halogenated alkanes) is 2. The molecule has 148 valence electrons. The summed E-state index contributed by atoms with van der Waals surface area (Å²) in [7, 11) is 1.84. The molecule has 1 amide bonds. The first-order valence-corrected chi connectivity index (χ1v) is 9.34. The fourth-order valence-corrected chi connectivity index (χ4v) is 3.08. The van der Waals surface area contributed by atoms with Crippen molar-refractivity contribution in [1.29, 1.82) is 0 Å². The van der Waals surface area contributed by atoms with Gasteiger partial charge in [0.1, 0.15) is 0 Å². The van der Waals surface area contributed by atoms with Gasteiger partial charge in [-0.05, 0) is 43.5 Å². The minimum absolute atomic E-state index is 0. The lowest BCUT2D eigenvalue weighted by atomic mass is 10.1. The lowest BCUT2D eigenvalue weighted by Gasteiger charge is -2.17. The van der Waals surface area contributed by atoms with Crippen LogP contribution in [0.3, 0.4) is 0 Å². The van der Waals surface area contributed by atoms with Crippen molar-refractivity contribution in [3.8, 4) is 11.3 Å². The molecule has 5 nitrogen and oxygen atoms in total. The third kappa shape index (κ3) is 5.86. The first-order chi connectivity index (χ1) is 13.1. The summed E-state index contributed by atoms with van der Waals surface area (Å²) in [5, 5.41) is 7.51. The minimum atomic E-state index is 0. The summed E-state index contributed by atoms with van der Waals surface area (Å²) in [4.78, 5) is 14.1. The maximum absolute atomic E-state index is 12.4. The second-order valence-electron chi connectivity index (χ2n) is 6.81. The summed E-state index contributed by atoms with van der Waals surface area (Å²) in [5.74, 6) is 0.0170. The van der Waals surface area contributed by atoms with Gasteiger partial charge in [-0.2, -0.15) is 5.10 Å². The average Bonchev–Trinajstić information content (AvgIpc) is 3.16. The Bertz CT molecular complexity index is 879. The number of rotatable bonds is 8. The first kappa shape index (κ1) is 21.5. The third-order valence-electron chi connectivity index (χ3n) is 4.62. The number of aryl methyl sites for hydroxylation is 1. The molecule has 0 aliphatic rings. The number of nitrogen functional groups attached to an aromatic ring is 1. The highest BCUT2D eigenvalue weighted by molar-refractivity contribution is 5.94. The maximum Gasteiger partial charge on any atom is 0.253 e. The number of nitrogens with two attached hydrogens (primary N) is 1. The quantitative estimate of drug-likeness (QED) is 0.431. The summed E-state index contributed by atoms with van der Waals surface area (Å²) < 4.78 is 0. The number of carbonyl (C=O) groups is 1. The van der Waals surface area contributed by atoms with E-state index in [1.807, 2.05) is 31.3 Å². The first-order valence-electron chi connectivity index (χ1n) is 9.34. The normalized spacial score (nSPS) is 10.3. The Morgan fingerprint density at radius 2 is 1.82 bits per heavy atom. The van der Waals surface area contributed by atoms with Crippen molar-refractivity contribution < 1.29 is 4.79 Å². The number of nitrogens with one attached hydrogen (secondary N) is 1. The number of aromatic nitrogens is 2. The molecule has 2 aromatic carbocycles. The van der Waals surface area contributed by atoms with Crippen molar-refractivity contribution in [3.63, 3.8) is 0 Å². The predicted octanol–water partition coefficient (Wildman–Crippen LogP) is 4.57. The van der Waals surface area contributed by atoms with E-state index < -0.39 is 0 Å². The smallest absolute Gasteiger partial charge is 0.253 e. The molecule has 3 aromatic rings. The van der Waals surface area contributed by atoms with Gasteiger partial charge in [0.25, 0.3) is 5.91 Å². The summed E-state index contributed by atoms with van der Waals surface area (Å²) >= 11 is 0. The Morgan fingerprint density at radius 1 is 1.04 bits per heavy atom. The topological polar surface area (TPSA) is 75.0 Å². The molecule has 1 heterocycles. The standard InChI is InChI=1S/C22H26N4O.ClH/c1-26(22(27)18-11-8-12-19(23)15-18)14-7-3-6-13-20-16-21(25-24-20)17-9-4-2-5-10-17;/h2,4-5,8-12,15-16H,3,6-7,13-14,23H2,1H3,(H,24,25);1H. The molecule has 0 aliphatic carbocycles. The fraction of sp³-hybridized carbons (Fsp3) is 0.273. The largest absolute Gasteiger partial charge is 0.399 e. The van der Waals surface area contributed by atoms with Crippen LogP contribution in [0.1, 0.15) is 35.3 Å². The SMILES string of the molecule is CN(CCCCCc1cc(-c2ccccc2)n[nH]1)C(=O)c1cccc(N)c1.Cl. The summed E-state index contributed by atoms with van der Waals surface area (Å²) in [6.45, 7) is 0.742. The third-order valence-corrected chi connectivity index (χ3v) is 4.62. The molecule has 0 radical (unpaired) electrons. The highest BCUT2D eigenvalue weighted by Crippen LogP contribution is 2.18. The predicted molar refractivity (Wildman–Crippen MR) is 117 cm³/mol. The second kappa shape index (κ2) is 10.5. The zero-order valence-corrected chi connectivity index (χ0v) is 16.9. The van der Waals surface area contributed by atoms with E-state index in [4.69, 9.17) is 5.73 Å². The van der Waals surface area contributed by atoms with Gasteiger partial charge < -0.3 is 10.6 Å². The van der Waals surface area contributed by atoms with Crippen molar-refractivity contribution in [1.82, 2.24) is 15.1 Å². The zero-order chi connectivity index (χ0) is 19.1. The van der Waals surface area contributed by atoms with Gasteiger partial charge in [-0.25, -0.2) is 0 Å². The molecule has 0 unspecified atom stereocenters. The van der Waals surface area contributed by atoms with Crippen LogP contribution in [0.4, 0.5) is 5.69 Å². The molecule has 3 N–H and O–H groups in total. The van der Waals surface area contributed by atoms with Crippen molar-refractivity contribution >= 4 is 24.0 Å². The number of nitrogens with zero attached hydrogens (tertiary/aromatic N) is 2. The Hall–Kier alpha value is -2.79. The molecule has 0 spiro atoms. The van der Waals surface area contributed by atoms with Crippen LogP contribution < -0.4 is 5.73 Å². The van der Waals surface area contributed by atoms with Crippen molar-refractivity contribution in [2.24, 2.45) is 0 Å². The van der Waals surface area contributed by atoms with Gasteiger partial charge in [0, 0.05) is 36.1 Å². The van der Waals surface area contributed by atoms with Crippen LogP contribution in [0.2, 0.25) is 0 Å². The second-order valence-corrected chi connectivity index (χ2v) is 6.81. The van der Waals surface area contributed by atoms with E-state index in [1.165, 1.54) is 0 Å². The number of halogens is 1. The number of benzene rings is 2. The monoisotopic (exact) mass is 398 g/mol. The highest BCUT2D eigenvalue weighted by Gasteiger charge is 2.11. The number of hydrogen-bond acceptors (Lipinski definition) is 3. The molecule has 1 aromatic heterocycles. The van der Waals surface area contributed by atoms with Gasteiger partial charge in [0.2, 0.25) is 0 Å². The number of carbonyl (C=O) groups excluding carboxylic acids is 1. The number of hydrogen-bond donors (Lipinski definition) is 2.